The fraction of sp³-hybridized carbons (Fsp3) is 0. The Morgan fingerprint density at radius 3 is 2.70 bits per heavy atom. The molecule has 0 aliphatic heterocycles. The van der Waals surface area contributed by atoms with Gasteiger partial charge in [0.1, 0.15) is 5.52 Å². The molecule has 0 spiro atoms. The molecule has 0 unspecified atom stereocenters. The Balaban J connectivity index is 1.96. The monoisotopic (exact) mass is 303 g/mol. The number of fused-ring (bicyclic) bond motifs is 1. The number of nitrogens with one attached hydrogen (secondary N) is 1. The van der Waals surface area contributed by atoms with Gasteiger partial charge in [-0.25, -0.2) is 4.98 Å². The first kappa shape index (κ1) is 12.9. The maximum atomic E-state index is 12.2. The molecule has 20 heavy (non-hydrogen) atoms. The zero-order valence-electron chi connectivity index (χ0n) is 10.3. The summed E-state index contributed by atoms with van der Waals surface area (Å²) in [6, 6.07) is 10.3. The van der Waals surface area contributed by atoms with E-state index in [0.29, 0.717) is 27.5 Å². The van der Waals surface area contributed by atoms with E-state index in [1.807, 2.05) is 6.07 Å². The fourth-order valence-corrected chi connectivity index (χ4v) is 2.73. The van der Waals surface area contributed by atoms with E-state index in [2.05, 4.69) is 10.3 Å². The van der Waals surface area contributed by atoms with Crippen LogP contribution < -0.4 is 11.1 Å². The molecule has 1 heterocycles. The predicted molar refractivity (Wildman–Crippen MR) is 83.4 cm³/mol. The van der Waals surface area contributed by atoms with Crippen LogP contribution in [0.1, 0.15) is 10.4 Å². The fourth-order valence-electron chi connectivity index (χ4n) is 1.85. The Morgan fingerprint density at radius 2 is 1.95 bits per heavy atom. The van der Waals surface area contributed by atoms with E-state index >= 15 is 0 Å². The lowest BCUT2D eigenvalue weighted by molar-refractivity contribution is 0.102. The molecule has 3 aromatic rings. The molecule has 0 atom stereocenters. The average Bonchev–Trinajstić information content (AvgIpc) is 2.91. The third-order valence-electron chi connectivity index (χ3n) is 2.86. The summed E-state index contributed by atoms with van der Waals surface area (Å²) in [5, 5.41) is 3.27. The highest BCUT2D eigenvalue weighted by molar-refractivity contribution is 7.16. The Morgan fingerprint density at radius 1 is 1.20 bits per heavy atom. The van der Waals surface area contributed by atoms with Gasteiger partial charge in [-0.15, -0.1) is 11.3 Å². The van der Waals surface area contributed by atoms with E-state index < -0.39 is 0 Å². The normalized spacial score (nSPS) is 10.7. The summed E-state index contributed by atoms with van der Waals surface area (Å²) in [5.41, 5.74) is 9.69. The van der Waals surface area contributed by atoms with Crippen molar-refractivity contribution in [3.05, 3.63) is 52.5 Å². The maximum Gasteiger partial charge on any atom is 0.255 e. The smallest absolute Gasteiger partial charge is 0.255 e. The molecule has 0 radical (unpaired) electrons. The van der Waals surface area contributed by atoms with Gasteiger partial charge in [-0.05, 0) is 36.4 Å². The number of rotatable bonds is 2. The first-order chi connectivity index (χ1) is 9.65. The number of carbonyl (C=O) groups excluding carboxylic acids is 1. The highest BCUT2D eigenvalue weighted by atomic mass is 35.5. The number of carbonyl (C=O) groups is 1. The van der Waals surface area contributed by atoms with Crippen LogP contribution in [-0.2, 0) is 0 Å². The Labute approximate surface area is 124 Å². The summed E-state index contributed by atoms with van der Waals surface area (Å²) < 4.78 is 0.974. The van der Waals surface area contributed by atoms with Crippen molar-refractivity contribution >= 4 is 50.4 Å². The Bertz CT molecular complexity index is 783. The summed E-state index contributed by atoms with van der Waals surface area (Å²) in [6.45, 7) is 0. The second-order valence-corrected chi connectivity index (χ2v) is 5.49. The van der Waals surface area contributed by atoms with Gasteiger partial charge in [0.05, 0.1) is 20.9 Å². The van der Waals surface area contributed by atoms with Crippen LogP contribution in [-0.4, -0.2) is 10.9 Å². The third kappa shape index (κ3) is 2.33. The number of nitrogens with two attached hydrogens (primary N) is 1. The summed E-state index contributed by atoms with van der Waals surface area (Å²) in [6.07, 6.45) is 0. The van der Waals surface area contributed by atoms with Gasteiger partial charge < -0.3 is 11.1 Å². The van der Waals surface area contributed by atoms with Crippen LogP contribution in [0.2, 0.25) is 5.02 Å². The van der Waals surface area contributed by atoms with Crippen molar-refractivity contribution < 1.29 is 4.79 Å². The number of halogens is 1. The van der Waals surface area contributed by atoms with Gasteiger partial charge in [0.15, 0.2) is 0 Å². The average molecular weight is 304 g/mol. The van der Waals surface area contributed by atoms with Gasteiger partial charge in [0, 0.05) is 11.3 Å². The predicted octanol–water partition coefficient (Wildman–Crippen LogP) is 3.78. The van der Waals surface area contributed by atoms with Crippen molar-refractivity contribution in [2.75, 3.05) is 11.1 Å². The molecule has 2 aromatic carbocycles. The highest BCUT2D eigenvalue weighted by Gasteiger charge is 2.13. The highest BCUT2D eigenvalue weighted by Crippen LogP contribution is 2.32. The molecule has 0 saturated carbocycles. The minimum absolute atomic E-state index is 0.243. The van der Waals surface area contributed by atoms with Crippen molar-refractivity contribution in [3.8, 4) is 0 Å². The summed E-state index contributed by atoms with van der Waals surface area (Å²) in [7, 11) is 0. The van der Waals surface area contributed by atoms with E-state index in [4.69, 9.17) is 17.3 Å². The minimum atomic E-state index is -0.243. The van der Waals surface area contributed by atoms with Crippen molar-refractivity contribution in [1.82, 2.24) is 4.98 Å². The van der Waals surface area contributed by atoms with Crippen LogP contribution in [0.15, 0.2) is 41.9 Å². The molecule has 0 aliphatic carbocycles. The van der Waals surface area contributed by atoms with Crippen LogP contribution in [0.5, 0.6) is 0 Å². The van der Waals surface area contributed by atoms with Gasteiger partial charge in [-0.2, -0.15) is 0 Å². The second-order valence-electron chi connectivity index (χ2n) is 4.20. The zero-order chi connectivity index (χ0) is 14.1. The van der Waals surface area contributed by atoms with Crippen molar-refractivity contribution in [1.29, 1.82) is 0 Å². The SMILES string of the molecule is Nc1ccc(C(=O)Nc2c(Cl)ccc3scnc23)cc1. The lowest BCUT2D eigenvalue weighted by Crippen LogP contribution is -2.12. The molecule has 6 heteroatoms. The molecule has 100 valence electrons. The minimum Gasteiger partial charge on any atom is -0.399 e. The van der Waals surface area contributed by atoms with E-state index in [0.717, 1.165) is 4.70 Å². The molecule has 4 nitrogen and oxygen atoms in total. The van der Waals surface area contributed by atoms with E-state index in [1.54, 1.807) is 35.8 Å². The summed E-state index contributed by atoms with van der Waals surface area (Å²) in [5.74, 6) is -0.243. The number of hydrogen-bond donors (Lipinski definition) is 2. The molecular formula is C14H10ClN3OS. The number of amides is 1. The van der Waals surface area contributed by atoms with Gasteiger partial charge >= 0.3 is 0 Å². The number of anilines is 2. The zero-order valence-corrected chi connectivity index (χ0v) is 11.8. The van der Waals surface area contributed by atoms with Crippen LogP contribution in [0.4, 0.5) is 11.4 Å². The number of thiazole rings is 1. The van der Waals surface area contributed by atoms with Crippen LogP contribution in [0, 0.1) is 0 Å². The maximum absolute atomic E-state index is 12.2. The Hall–Kier alpha value is -2.11. The van der Waals surface area contributed by atoms with Gasteiger partial charge in [0.2, 0.25) is 0 Å². The molecule has 3 N–H and O–H groups in total. The van der Waals surface area contributed by atoms with Crippen LogP contribution in [0.25, 0.3) is 10.2 Å². The van der Waals surface area contributed by atoms with Crippen molar-refractivity contribution in [2.45, 2.75) is 0 Å². The topological polar surface area (TPSA) is 68.0 Å². The van der Waals surface area contributed by atoms with Crippen LogP contribution in [0.3, 0.4) is 0 Å². The number of hydrogen-bond acceptors (Lipinski definition) is 4. The first-order valence-corrected chi connectivity index (χ1v) is 7.09. The van der Waals surface area contributed by atoms with E-state index in [1.165, 1.54) is 11.3 Å². The molecule has 0 saturated heterocycles. The summed E-state index contributed by atoms with van der Waals surface area (Å²) in [4.78, 5) is 16.4. The molecule has 0 bridgehead atoms. The van der Waals surface area contributed by atoms with Crippen molar-refractivity contribution in [2.24, 2.45) is 0 Å². The van der Waals surface area contributed by atoms with E-state index in [9.17, 15) is 4.79 Å². The molecule has 1 aromatic heterocycles. The van der Waals surface area contributed by atoms with Gasteiger partial charge in [-0.3, -0.25) is 4.79 Å². The largest absolute Gasteiger partial charge is 0.399 e. The number of nitrogens with zero attached hydrogens (tertiary/aromatic N) is 1. The molecule has 3 rings (SSSR count). The van der Waals surface area contributed by atoms with Gasteiger partial charge in [-0.1, -0.05) is 11.6 Å². The number of nitrogen functional groups attached to an aromatic ring is 1. The first-order valence-electron chi connectivity index (χ1n) is 5.84. The quantitative estimate of drug-likeness (QED) is 0.708. The van der Waals surface area contributed by atoms with Crippen molar-refractivity contribution in [3.63, 3.8) is 0 Å². The lowest BCUT2D eigenvalue weighted by atomic mass is 10.2. The number of benzene rings is 2. The molecule has 0 aliphatic rings. The molecular weight excluding hydrogens is 294 g/mol. The molecule has 0 fully saturated rings. The third-order valence-corrected chi connectivity index (χ3v) is 3.97. The second kappa shape index (κ2) is 5.11. The number of aromatic nitrogens is 1. The Kier molecular flexibility index (Phi) is 3.30. The van der Waals surface area contributed by atoms with Gasteiger partial charge in [0.25, 0.3) is 5.91 Å². The van der Waals surface area contributed by atoms with E-state index in [-0.39, 0.29) is 5.91 Å². The molecule has 1 amide bonds. The lowest BCUT2D eigenvalue weighted by Gasteiger charge is -2.08. The summed E-state index contributed by atoms with van der Waals surface area (Å²) >= 11 is 7.64. The van der Waals surface area contributed by atoms with Crippen LogP contribution >= 0.6 is 22.9 Å². The standard InChI is InChI=1S/C14H10ClN3OS/c15-10-5-6-11-13(17-7-20-11)12(10)18-14(19)8-1-3-9(16)4-2-8/h1-7H,16H2,(H,18,19).